The second-order valence-corrected chi connectivity index (χ2v) is 6.35. The highest BCUT2D eigenvalue weighted by Gasteiger charge is 2.15. The Hall–Kier alpha value is -2.15. The van der Waals surface area contributed by atoms with Gasteiger partial charge in [0, 0.05) is 6.42 Å². The molecule has 0 aliphatic heterocycles. The first-order valence-corrected chi connectivity index (χ1v) is 8.12. The predicted molar refractivity (Wildman–Crippen MR) is 87.0 cm³/mol. The van der Waals surface area contributed by atoms with Crippen molar-refractivity contribution >= 4 is 22.7 Å². The highest BCUT2D eigenvalue weighted by atomic mass is 32.2. The molecule has 0 bridgehead atoms. The molecular weight excluding hydrogens is 298 g/mol. The average molecular weight is 315 g/mol. The molecule has 0 unspecified atom stereocenters. The summed E-state index contributed by atoms with van der Waals surface area (Å²) in [5.74, 6) is 1.52. The van der Waals surface area contributed by atoms with Gasteiger partial charge in [0.2, 0.25) is 5.16 Å². The first kappa shape index (κ1) is 14.8. The highest BCUT2D eigenvalue weighted by molar-refractivity contribution is 7.99. The van der Waals surface area contributed by atoms with Crippen molar-refractivity contribution in [2.75, 3.05) is 0 Å². The van der Waals surface area contributed by atoms with Crippen LogP contribution in [0.4, 0.5) is 0 Å². The van der Waals surface area contributed by atoms with E-state index >= 15 is 0 Å². The number of nitrogens with zero attached hydrogens (tertiary/aromatic N) is 3. The molecule has 114 valence electrons. The Bertz CT molecular complexity index is 841. The van der Waals surface area contributed by atoms with E-state index in [-0.39, 0.29) is 10.8 Å². The minimum absolute atomic E-state index is 0.0393. The maximum atomic E-state index is 12.1. The number of nitrogens with one attached hydrogen (secondary N) is 2. The lowest BCUT2D eigenvalue weighted by molar-refractivity contribution is 0.840. The van der Waals surface area contributed by atoms with E-state index < -0.39 is 0 Å². The third-order valence-corrected chi connectivity index (χ3v) is 4.27. The van der Waals surface area contributed by atoms with Crippen molar-refractivity contribution in [3.05, 3.63) is 46.3 Å². The Kier molecular flexibility index (Phi) is 4.24. The standard InChI is InChI=1S/C15H17N5OS/c1-3-6-12-17-15(20-19-12)22-9(2)13-16-11-8-5-4-7-10(11)14(21)18-13/h4-5,7-9H,3,6H2,1-2H3,(H,16,18,21)(H,17,19,20)/t9-/m0/s1. The van der Waals surface area contributed by atoms with Crippen LogP contribution in [0.15, 0.2) is 34.2 Å². The van der Waals surface area contributed by atoms with E-state index in [9.17, 15) is 4.79 Å². The maximum absolute atomic E-state index is 12.1. The third kappa shape index (κ3) is 3.04. The van der Waals surface area contributed by atoms with Crippen molar-refractivity contribution in [2.24, 2.45) is 0 Å². The number of rotatable bonds is 5. The van der Waals surface area contributed by atoms with Crippen LogP contribution < -0.4 is 5.56 Å². The van der Waals surface area contributed by atoms with Crippen LogP contribution in [0.1, 0.15) is 37.2 Å². The Morgan fingerprint density at radius 3 is 2.91 bits per heavy atom. The fourth-order valence-electron chi connectivity index (χ4n) is 2.19. The van der Waals surface area contributed by atoms with Crippen LogP contribution in [0.5, 0.6) is 0 Å². The summed E-state index contributed by atoms with van der Waals surface area (Å²) in [7, 11) is 0. The number of hydrogen-bond acceptors (Lipinski definition) is 5. The van der Waals surface area contributed by atoms with Gasteiger partial charge in [0.1, 0.15) is 11.6 Å². The molecule has 2 aromatic heterocycles. The number of H-pyrrole nitrogens is 2. The van der Waals surface area contributed by atoms with E-state index in [0.29, 0.717) is 21.9 Å². The normalized spacial score (nSPS) is 12.6. The first-order chi connectivity index (χ1) is 10.7. The lowest BCUT2D eigenvalue weighted by Gasteiger charge is -2.08. The van der Waals surface area contributed by atoms with Gasteiger partial charge in [-0.3, -0.25) is 9.89 Å². The molecule has 0 spiro atoms. The van der Waals surface area contributed by atoms with E-state index in [4.69, 9.17) is 0 Å². The number of hydrogen-bond donors (Lipinski definition) is 2. The smallest absolute Gasteiger partial charge is 0.258 e. The minimum atomic E-state index is -0.116. The molecular formula is C15H17N5OS. The van der Waals surface area contributed by atoms with Crippen molar-refractivity contribution in [1.82, 2.24) is 25.1 Å². The van der Waals surface area contributed by atoms with Gasteiger partial charge in [-0.25, -0.2) is 9.97 Å². The Morgan fingerprint density at radius 2 is 2.09 bits per heavy atom. The summed E-state index contributed by atoms with van der Waals surface area (Å²) < 4.78 is 0. The molecule has 0 fully saturated rings. The summed E-state index contributed by atoms with van der Waals surface area (Å²) in [4.78, 5) is 23.9. The van der Waals surface area contributed by atoms with Crippen LogP contribution in [-0.4, -0.2) is 25.1 Å². The Balaban J connectivity index is 1.85. The van der Waals surface area contributed by atoms with Gasteiger partial charge in [0.25, 0.3) is 5.56 Å². The van der Waals surface area contributed by atoms with Crippen molar-refractivity contribution in [2.45, 2.75) is 37.1 Å². The van der Waals surface area contributed by atoms with E-state index in [2.05, 4.69) is 32.1 Å². The summed E-state index contributed by atoms with van der Waals surface area (Å²) in [6, 6.07) is 7.33. The monoisotopic (exact) mass is 315 g/mol. The molecule has 3 aromatic rings. The molecule has 6 nitrogen and oxygen atoms in total. The fourth-order valence-corrected chi connectivity index (χ4v) is 2.99. The minimum Gasteiger partial charge on any atom is -0.309 e. The van der Waals surface area contributed by atoms with Gasteiger partial charge in [0.05, 0.1) is 16.2 Å². The lowest BCUT2D eigenvalue weighted by atomic mass is 10.2. The molecule has 0 aliphatic carbocycles. The molecule has 0 saturated heterocycles. The average Bonchev–Trinajstić information content (AvgIpc) is 2.95. The number of aromatic amines is 2. The second kappa shape index (κ2) is 6.31. The molecule has 22 heavy (non-hydrogen) atoms. The summed E-state index contributed by atoms with van der Waals surface area (Å²) in [5.41, 5.74) is 0.588. The van der Waals surface area contributed by atoms with Crippen molar-refractivity contribution in [3.8, 4) is 0 Å². The van der Waals surface area contributed by atoms with Crippen LogP contribution in [0.25, 0.3) is 10.9 Å². The van der Waals surface area contributed by atoms with Gasteiger partial charge in [-0.05, 0) is 25.5 Å². The van der Waals surface area contributed by atoms with Gasteiger partial charge < -0.3 is 4.98 Å². The molecule has 7 heteroatoms. The van der Waals surface area contributed by atoms with E-state index in [1.165, 1.54) is 11.8 Å². The summed E-state index contributed by atoms with van der Waals surface area (Å²) in [6.45, 7) is 4.08. The molecule has 2 heterocycles. The van der Waals surface area contributed by atoms with Crippen LogP contribution in [-0.2, 0) is 6.42 Å². The summed E-state index contributed by atoms with van der Waals surface area (Å²) in [5, 5.41) is 8.36. The Morgan fingerprint density at radius 1 is 1.27 bits per heavy atom. The molecule has 0 radical (unpaired) electrons. The van der Waals surface area contributed by atoms with Gasteiger partial charge in [-0.1, -0.05) is 30.8 Å². The van der Waals surface area contributed by atoms with Crippen LogP contribution in [0.2, 0.25) is 0 Å². The van der Waals surface area contributed by atoms with Crippen LogP contribution in [0, 0.1) is 0 Å². The highest BCUT2D eigenvalue weighted by Crippen LogP contribution is 2.30. The predicted octanol–water partition coefficient (Wildman–Crippen LogP) is 2.85. The van der Waals surface area contributed by atoms with Gasteiger partial charge in [-0.2, -0.15) is 0 Å². The van der Waals surface area contributed by atoms with Crippen LogP contribution in [0.3, 0.4) is 0 Å². The molecule has 3 rings (SSSR count). The molecule has 1 aromatic carbocycles. The molecule has 0 aliphatic rings. The Labute approximate surface area is 131 Å². The lowest BCUT2D eigenvalue weighted by Crippen LogP contribution is -2.12. The van der Waals surface area contributed by atoms with E-state index in [0.717, 1.165) is 18.7 Å². The van der Waals surface area contributed by atoms with E-state index in [1.807, 2.05) is 25.1 Å². The zero-order valence-electron chi connectivity index (χ0n) is 12.5. The SMILES string of the molecule is CCCc1nc(S[C@@H](C)c2nc3ccccc3c(=O)[nH]2)n[nH]1. The molecule has 2 N–H and O–H groups in total. The van der Waals surface area contributed by atoms with Crippen molar-refractivity contribution < 1.29 is 0 Å². The van der Waals surface area contributed by atoms with Gasteiger partial charge in [-0.15, -0.1) is 5.10 Å². The van der Waals surface area contributed by atoms with Gasteiger partial charge >= 0.3 is 0 Å². The second-order valence-electron chi connectivity index (χ2n) is 5.04. The summed E-state index contributed by atoms with van der Waals surface area (Å²) >= 11 is 1.47. The quantitative estimate of drug-likeness (QED) is 0.707. The third-order valence-electron chi connectivity index (χ3n) is 3.30. The molecule has 0 saturated carbocycles. The molecule has 0 amide bonds. The first-order valence-electron chi connectivity index (χ1n) is 7.24. The zero-order valence-corrected chi connectivity index (χ0v) is 13.3. The van der Waals surface area contributed by atoms with Gasteiger partial charge in [0.15, 0.2) is 0 Å². The number of para-hydroxylation sites is 1. The number of aryl methyl sites for hydroxylation is 1. The zero-order chi connectivity index (χ0) is 15.5. The largest absolute Gasteiger partial charge is 0.309 e. The van der Waals surface area contributed by atoms with Crippen LogP contribution >= 0.6 is 11.8 Å². The number of benzene rings is 1. The van der Waals surface area contributed by atoms with Crippen molar-refractivity contribution in [3.63, 3.8) is 0 Å². The fraction of sp³-hybridized carbons (Fsp3) is 0.333. The van der Waals surface area contributed by atoms with E-state index in [1.54, 1.807) is 6.07 Å². The number of aromatic nitrogens is 5. The molecule has 1 atom stereocenters. The number of thioether (sulfide) groups is 1. The summed E-state index contributed by atoms with van der Waals surface area (Å²) in [6.07, 6.45) is 1.90. The van der Waals surface area contributed by atoms with Crippen molar-refractivity contribution in [1.29, 1.82) is 0 Å². The number of fused-ring (bicyclic) bond motifs is 1. The maximum Gasteiger partial charge on any atom is 0.258 e. The topological polar surface area (TPSA) is 87.3 Å².